The second kappa shape index (κ2) is 20.8. The van der Waals surface area contributed by atoms with E-state index in [0.29, 0.717) is 61.4 Å². The highest BCUT2D eigenvalue weighted by atomic mass is 16.6. The van der Waals surface area contributed by atoms with Gasteiger partial charge < -0.3 is 35.1 Å². The number of anilines is 4. The minimum Gasteiger partial charge on any atom is -0.444 e. The average Bonchev–Trinajstić information content (AvgIpc) is 3.88. The predicted molar refractivity (Wildman–Crippen MR) is 270 cm³/mol. The van der Waals surface area contributed by atoms with Crippen molar-refractivity contribution in [2.75, 3.05) is 36.8 Å². The van der Waals surface area contributed by atoms with Crippen molar-refractivity contribution in [1.82, 2.24) is 70.1 Å². The Hall–Kier alpha value is -7.55. The van der Waals surface area contributed by atoms with Gasteiger partial charge in [0.25, 0.3) is 0 Å². The zero-order chi connectivity index (χ0) is 49.8. The zero-order valence-electron chi connectivity index (χ0n) is 41.6. The fourth-order valence-corrected chi connectivity index (χ4v) is 7.78. The number of pyridine rings is 4. The van der Waals surface area contributed by atoms with E-state index in [0.717, 1.165) is 79.9 Å². The lowest BCUT2D eigenvalue weighted by atomic mass is 10.1. The van der Waals surface area contributed by atoms with Crippen molar-refractivity contribution >= 4 is 51.4 Å². The van der Waals surface area contributed by atoms with Crippen LogP contribution in [0.4, 0.5) is 28.1 Å². The predicted octanol–water partition coefficient (Wildman–Crippen LogP) is 8.00. The lowest BCUT2D eigenvalue weighted by molar-refractivity contribution is -0.0697. The van der Waals surface area contributed by atoms with Crippen molar-refractivity contribution < 1.29 is 19.0 Å². The Morgan fingerprint density at radius 2 is 1.14 bits per heavy atom. The molecular weight excluding hydrogens is 901 g/mol. The van der Waals surface area contributed by atoms with Crippen molar-refractivity contribution in [2.24, 2.45) is 14.1 Å². The van der Waals surface area contributed by atoms with Crippen LogP contribution in [0.3, 0.4) is 0 Å². The molecule has 0 saturated carbocycles. The summed E-state index contributed by atoms with van der Waals surface area (Å²) in [6.07, 6.45) is 11.1. The average molecular weight is 961 g/mol. The van der Waals surface area contributed by atoms with Gasteiger partial charge in [-0.1, -0.05) is 27.7 Å². The molecule has 1 amide bonds. The van der Waals surface area contributed by atoms with Crippen LogP contribution in [-0.4, -0.2) is 115 Å². The number of rotatable bonds is 14. The maximum absolute atomic E-state index is 12.2. The monoisotopic (exact) mass is 960 g/mol. The molecule has 8 aromatic rings. The summed E-state index contributed by atoms with van der Waals surface area (Å²) in [5.41, 5.74) is 10.3. The van der Waals surface area contributed by atoms with Crippen LogP contribution in [0, 0.1) is 0 Å². The van der Waals surface area contributed by atoms with Crippen molar-refractivity contribution in [3.63, 3.8) is 0 Å². The zero-order valence-corrected chi connectivity index (χ0v) is 41.6. The van der Waals surface area contributed by atoms with Gasteiger partial charge >= 0.3 is 6.09 Å². The summed E-state index contributed by atoms with van der Waals surface area (Å²) < 4.78 is 21.0. The van der Waals surface area contributed by atoms with Gasteiger partial charge in [0.2, 0.25) is 0 Å². The van der Waals surface area contributed by atoms with E-state index in [1.54, 1.807) is 22.0 Å². The molecule has 0 aromatic carbocycles. The first kappa shape index (κ1) is 48.5. The lowest BCUT2D eigenvalue weighted by Gasteiger charge is -2.39. The van der Waals surface area contributed by atoms with E-state index in [1.807, 2.05) is 113 Å². The second-order valence-corrected chi connectivity index (χ2v) is 19.5. The SMILES string of the molecule is CC(C)c1cnnc(Nc2ccc3ncc(-c4cn(C)nc4COC4CN(C(=O)OC(C)(C)C)C4)cc3n2)c1.CC(C)c1cnnc(Nc2ccc3ncc(-c4cn(C)nc4COC4CNC4)cc3n2)c1. The van der Waals surface area contributed by atoms with E-state index in [-0.39, 0.29) is 18.3 Å². The van der Waals surface area contributed by atoms with Crippen LogP contribution in [0.2, 0.25) is 0 Å². The van der Waals surface area contributed by atoms with Gasteiger partial charge in [-0.3, -0.25) is 19.3 Å². The van der Waals surface area contributed by atoms with Gasteiger partial charge in [-0.05, 0) is 92.3 Å². The smallest absolute Gasteiger partial charge is 0.410 e. The number of aryl methyl sites for hydroxylation is 2. The number of ether oxygens (including phenoxy) is 3. The maximum atomic E-state index is 12.2. The third-order valence-electron chi connectivity index (χ3n) is 11.9. The molecule has 368 valence electrons. The highest BCUT2D eigenvalue weighted by Crippen LogP contribution is 2.30. The summed E-state index contributed by atoms with van der Waals surface area (Å²) >= 11 is 0. The van der Waals surface area contributed by atoms with E-state index >= 15 is 0 Å². The molecule has 0 radical (unpaired) electrons. The van der Waals surface area contributed by atoms with E-state index in [4.69, 9.17) is 24.2 Å². The molecule has 8 aromatic heterocycles. The molecule has 10 rings (SSSR count). The molecule has 20 heteroatoms. The fraction of sp³-hybridized carbons (Fsp3) is 0.392. The third-order valence-corrected chi connectivity index (χ3v) is 11.9. The number of carbonyl (C=O) groups excluding carboxylic acids is 1. The fourth-order valence-electron chi connectivity index (χ4n) is 7.78. The molecule has 0 spiro atoms. The Morgan fingerprint density at radius 1 is 0.662 bits per heavy atom. The minimum atomic E-state index is -0.515. The number of hydrogen-bond donors (Lipinski definition) is 3. The van der Waals surface area contributed by atoms with Gasteiger partial charge in [-0.25, -0.2) is 14.8 Å². The molecule has 20 nitrogen and oxygen atoms in total. The largest absolute Gasteiger partial charge is 0.444 e. The number of amides is 1. The summed E-state index contributed by atoms with van der Waals surface area (Å²) in [5.74, 6) is 3.39. The number of fused-ring (bicyclic) bond motifs is 2. The Balaban J connectivity index is 0.000000179. The molecule has 0 atom stereocenters. The Morgan fingerprint density at radius 3 is 1.58 bits per heavy atom. The standard InChI is InChI=1S/C28H34N8O3.C23H26N8O/c1-17(2)18-10-26(33-30-12-18)32-25-8-7-22-23(31-25)9-19(11-29-22)21-15-35(6)34-24(21)16-38-20-13-36(14-20)27(37)39-28(3,4)5;1-14(2)15-7-23(29-26-9-15)28-22-5-4-19-20(27-22)6-16(8-25-19)18-12-31(3)30-21(18)13-32-17-10-24-11-17/h7-12,15,17,20H,13-14,16H2,1-6H3,(H,31,32,33);4-9,12,14,17,24H,10-11,13H2,1-3H3,(H,27,28,29). The highest BCUT2D eigenvalue weighted by molar-refractivity contribution is 5.83. The Kier molecular flexibility index (Phi) is 14.2. The van der Waals surface area contributed by atoms with Gasteiger partial charge in [-0.15, -0.1) is 10.2 Å². The topological polar surface area (TPSA) is 223 Å². The number of aromatic nitrogens is 12. The van der Waals surface area contributed by atoms with Crippen LogP contribution in [0.1, 0.15) is 82.8 Å². The number of hydrogen-bond acceptors (Lipinski definition) is 17. The van der Waals surface area contributed by atoms with Crippen LogP contribution in [-0.2, 0) is 41.5 Å². The van der Waals surface area contributed by atoms with Gasteiger partial charge in [0.05, 0.1) is 84.4 Å². The Labute approximate surface area is 412 Å². The first-order chi connectivity index (χ1) is 34.1. The molecule has 0 bridgehead atoms. The Bertz CT molecular complexity index is 3150. The molecule has 10 heterocycles. The van der Waals surface area contributed by atoms with Gasteiger partial charge in [-0.2, -0.15) is 20.4 Å². The summed E-state index contributed by atoms with van der Waals surface area (Å²) in [4.78, 5) is 32.6. The molecule has 2 fully saturated rings. The summed E-state index contributed by atoms with van der Waals surface area (Å²) in [5, 5.41) is 35.5. The first-order valence-electron chi connectivity index (χ1n) is 23.8. The summed E-state index contributed by atoms with van der Waals surface area (Å²) in [7, 11) is 3.79. The minimum absolute atomic E-state index is 0.0605. The molecule has 0 unspecified atom stereocenters. The van der Waals surface area contributed by atoms with E-state index in [1.165, 1.54) is 0 Å². The van der Waals surface area contributed by atoms with Crippen molar-refractivity contribution in [1.29, 1.82) is 0 Å². The van der Waals surface area contributed by atoms with Crippen molar-refractivity contribution in [3.05, 3.63) is 108 Å². The van der Waals surface area contributed by atoms with E-state index < -0.39 is 5.60 Å². The number of carbonyl (C=O) groups is 1. The van der Waals surface area contributed by atoms with E-state index in [2.05, 4.69) is 84.2 Å². The molecule has 71 heavy (non-hydrogen) atoms. The van der Waals surface area contributed by atoms with E-state index in [9.17, 15) is 4.79 Å². The lowest BCUT2D eigenvalue weighted by Crippen LogP contribution is -2.55. The quantitative estimate of drug-likeness (QED) is 0.0939. The summed E-state index contributed by atoms with van der Waals surface area (Å²) in [6.45, 7) is 17.6. The molecule has 2 aliphatic heterocycles. The van der Waals surface area contributed by atoms with Crippen LogP contribution in [0.25, 0.3) is 44.3 Å². The maximum Gasteiger partial charge on any atom is 0.410 e. The van der Waals surface area contributed by atoms with Crippen LogP contribution >= 0.6 is 0 Å². The van der Waals surface area contributed by atoms with Gasteiger partial charge in [0.15, 0.2) is 11.6 Å². The van der Waals surface area contributed by atoms with Crippen molar-refractivity contribution in [3.8, 4) is 22.3 Å². The molecule has 2 aliphatic rings. The van der Waals surface area contributed by atoms with Crippen LogP contribution < -0.4 is 16.0 Å². The number of likely N-dealkylation sites (tertiary alicyclic amines) is 1. The number of nitrogens with zero attached hydrogens (tertiary/aromatic N) is 13. The van der Waals surface area contributed by atoms with Crippen LogP contribution in [0.15, 0.2) is 85.7 Å². The first-order valence-corrected chi connectivity index (χ1v) is 23.8. The number of nitrogens with one attached hydrogen (secondary N) is 3. The third kappa shape index (κ3) is 12.1. The molecule has 3 N–H and O–H groups in total. The van der Waals surface area contributed by atoms with Crippen LogP contribution in [0.5, 0.6) is 0 Å². The van der Waals surface area contributed by atoms with Crippen molar-refractivity contribution in [2.45, 2.75) is 91.3 Å². The molecular formula is C51H60N16O4. The molecule has 0 aliphatic carbocycles. The highest BCUT2D eigenvalue weighted by Gasteiger charge is 2.34. The summed E-state index contributed by atoms with van der Waals surface area (Å²) in [6, 6.07) is 15.7. The van der Waals surface area contributed by atoms with Gasteiger partial charge in [0, 0.05) is 74.2 Å². The normalized spacial score (nSPS) is 14.1. The molecule has 2 saturated heterocycles. The second-order valence-electron chi connectivity index (χ2n) is 19.5. The van der Waals surface area contributed by atoms with Gasteiger partial charge in [0.1, 0.15) is 17.2 Å².